The molecule has 2 rings (SSSR count). The smallest absolute Gasteiger partial charge is 0.108 e. The molecule has 2 atom stereocenters. The van der Waals surface area contributed by atoms with Gasteiger partial charge < -0.3 is 14.7 Å². The highest BCUT2D eigenvalue weighted by atomic mass is 35.5. The highest BCUT2D eigenvalue weighted by Gasteiger charge is 2.28. The van der Waals surface area contributed by atoms with Gasteiger partial charge in [0.1, 0.15) is 12.2 Å². The predicted octanol–water partition coefficient (Wildman–Crippen LogP) is 2.36. The van der Waals surface area contributed by atoms with Gasteiger partial charge in [-0.25, -0.2) is 0 Å². The van der Waals surface area contributed by atoms with E-state index in [1.165, 1.54) is 0 Å². The maximum atomic E-state index is 10.3. The van der Waals surface area contributed by atoms with E-state index in [9.17, 15) is 5.11 Å². The number of aliphatic hydroxyl groups is 1. The van der Waals surface area contributed by atoms with Crippen molar-refractivity contribution in [2.24, 2.45) is 0 Å². The van der Waals surface area contributed by atoms with Crippen LogP contribution >= 0.6 is 23.2 Å². The van der Waals surface area contributed by atoms with Crippen LogP contribution in [-0.4, -0.2) is 42.9 Å². The summed E-state index contributed by atoms with van der Waals surface area (Å²) in [4.78, 5) is 2.12. The summed E-state index contributed by atoms with van der Waals surface area (Å²) in [6.07, 6.45) is -1.01. The Balaban J connectivity index is 2.18. The largest absolute Gasteiger partial charge is 0.386 e. The average Bonchev–Trinajstić information content (AvgIpc) is 2.32. The second-order valence-corrected chi connectivity index (χ2v) is 5.04. The maximum absolute atomic E-state index is 10.3. The van der Waals surface area contributed by atoms with Gasteiger partial charge in [-0.15, -0.1) is 0 Å². The van der Waals surface area contributed by atoms with Gasteiger partial charge in [-0.05, 0) is 13.1 Å². The van der Waals surface area contributed by atoms with E-state index in [-0.39, 0.29) is 6.10 Å². The molecule has 1 saturated heterocycles. The summed E-state index contributed by atoms with van der Waals surface area (Å²) in [6, 6.07) is 5.25. The van der Waals surface area contributed by atoms with Gasteiger partial charge in [0, 0.05) is 18.7 Å². The van der Waals surface area contributed by atoms with Crippen molar-refractivity contribution in [3.8, 4) is 0 Å². The van der Waals surface area contributed by atoms with Gasteiger partial charge in [-0.2, -0.15) is 0 Å². The minimum Gasteiger partial charge on any atom is -0.386 e. The van der Waals surface area contributed by atoms with Crippen molar-refractivity contribution < 1.29 is 9.84 Å². The normalized spacial score (nSPS) is 23.6. The zero-order chi connectivity index (χ0) is 12.4. The van der Waals surface area contributed by atoms with Gasteiger partial charge in [-0.1, -0.05) is 35.3 Å². The molecule has 1 fully saturated rings. The van der Waals surface area contributed by atoms with Crippen LogP contribution in [0.15, 0.2) is 18.2 Å². The third kappa shape index (κ3) is 2.92. The fourth-order valence-corrected chi connectivity index (χ4v) is 2.37. The Hall–Kier alpha value is -0.320. The summed E-state index contributed by atoms with van der Waals surface area (Å²) >= 11 is 12.0. The van der Waals surface area contributed by atoms with Crippen molar-refractivity contribution >= 4 is 23.2 Å². The highest BCUT2D eigenvalue weighted by molar-refractivity contribution is 6.42. The van der Waals surface area contributed by atoms with E-state index < -0.39 is 6.10 Å². The molecule has 1 aliphatic rings. The molecule has 1 aliphatic heterocycles. The van der Waals surface area contributed by atoms with Gasteiger partial charge in [0.15, 0.2) is 0 Å². The van der Waals surface area contributed by atoms with E-state index in [4.69, 9.17) is 27.9 Å². The third-order valence-electron chi connectivity index (χ3n) is 2.95. The first kappa shape index (κ1) is 13.1. The first-order valence-electron chi connectivity index (χ1n) is 5.51. The lowest BCUT2D eigenvalue weighted by Gasteiger charge is -2.33. The van der Waals surface area contributed by atoms with Crippen molar-refractivity contribution in [1.82, 2.24) is 4.90 Å². The number of benzene rings is 1. The van der Waals surface area contributed by atoms with Gasteiger partial charge in [0.25, 0.3) is 0 Å². The van der Waals surface area contributed by atoms with Crippen LogP contribution in [-0.2, 0) is 4.74 Å². The summed E-state index contributed by atoms with van der Waals surface area (Å²) in [5, 5.41) is 11.1. The monoisotopic (exact) mass is 275 g/mol. The molecular weight excluding hydrogens is 261 g/mol. The van der Waals surface area contributed by atoms with Crippen LogP contribution in [0.2, 0.25) is 10.0 Å². The molecule has 2 unspecified atom stereocenters. The summed E-state index contributed by atoms with van der Waals surface area (Å²) in [5.74, 6) is 0. The molecule has 5 heteroatoms. The average molecular weight is 276 g/mol. The molecule has 1 aromatic rings. The molecule has 0 saturated carbocycles. The van der Waals surface area contributed by atoms with Crippen LogP contribution in [0.25, 0.3) is 0 Å². The molecule has 1 aromatic carbocycles. The Morgan fingerprint density at radius 1 is 1.47 bits per heavy atom. The molecule has 94 valence electrons. The zero-order valence-electron chi connectivity index (χ0n) is 9.57. The molecule has 3 nitrogen and oxygen atoms in total. The minimum absolute atomic E-state index is 0.260. The number of likely N-dealkylation sites (N-methyl/N-ethyl adjacent to an activating group) is 1. The molecule has 1 heterocycles. The van der Waals surface area contributed by atoms with Crippen LogP contribution in [0.3, 0.4) is 0 Å². The van der Waals surface area contributed by atoms with Crippen molar-refractivity contribution in [1.29, 1.82) is 0 Å². The fraction of sp³-hybridized carbons (Fsp3) is 0.500. The van der Waals surface area contributed by atoms with Crippen LogP contribution in [0.5, 0.6) is 0 Å². The molecule has 0 aliphatic carbocycles. The van der Waals surface area contributed by atoms with Crippen molar-refractivity contribution in [2.75, 3.05) is 26.7 Å². The van der Waals surface area contributed by atoms with E-state index in [0.717, 1.165) is 6.54 Å². The van der Waals surface area contributed by atoms with E-state index in [1.807, 2.05) is 7.05 Å². The van der Waals surface area contributed by atoms with E-state index in [2.05, 4.69) is 4.90 Å². The van der Waals surface area contributed by atoms with Gasteiger partial charge in [0.05, 0.1) is 16.7 Å². The van der Waals surface area contributed by atoms with Crippen molar-refractivity contribution in [3.05, 3.63) is 33.8 Å². The van der Waals surface area contributed by atoms with E-state index in [0.29, 0.717) is 28.8 Å². The number of rotatable bonds is 2. The topological polar surface area (TPSA) is 32.7 Å². The molecule has 0 spiro atoms. The number of aliphatic hydroxyl groups excluding tert-OH is 1. The SMILES string of the molecule is CN1CCOC(C(O)c2cccc(Cl)c2Cl)C1. The predicted molar refractivity (Wildman–Crippen MR) is 68.7 cm³/mol. The molecular formula is C12H15Cl2NO2. The Labute approximate surface area is 111 Å². The molecule has 0 radical (unpaired) electrons. The van der Waals surface area contributed by atoms with Crippen molar-refractivity contribution in [3.63, 3.8) is 0 Å². The van der Waals surface area contributed by atoms with Crippen LogP contribution < -0.4 is 0 Å². The van der Waals surface area contributed by atoms with Gasteiger partial charge >= 0.3 is 0 Å². The van der Waals surface area contributed by atoms with Gasteiger partial charge in [0.2, 0.25) is 0 Å². The maximum Gasteiger partial charge on any atom is 0.108 e. The standard InChI is InChI=1S/C12H15Cl2NO2/c1-15-5-6-17-10(7-15)12(16)8-3-2-4-9(13)11(8)14/h2-4,10,12,16H,5-7H2,1H3. The minimum atomic E-state index is -0.746. The Morgan fingerprint density at radius 2 is 2.24 bits per heavy atom. The van der Waals surface area contributed by atoms with Crippen LogP contribution in [0, 0.1) is 0 Å². The fourth-order valence-electron chi connectivity index (χ4n) is 1.95. The van der Waals surface area contributed by atoms with Gasteiger partial charge in [-0.3, -0.25) is 0 Å². The first-order valence-corrected chi connectivity index (χ1v) is 6.27. The molecule has 0 bridgehead atoms. The zero-order valence-corrected chi connectivity index (χ0v) is 11.1. The van der Waals surface area contributed by atoms with E-state index >= 15 is 0 Å². The Bertz CT molecular complexity index is 400. The summed E-state index contributed by atoms with van der Waals surface area (Å²) in [7, 11) is 2.00. The summed E-state index contributed by atoms with van der Waals surface area (Å²) < 4.78 is 5.57. The second kappa shape index (κ2) is 5.55. The highest BCUT2D eigenvalue weighted by Crippen LogP contribution is 2.32. The Morgan fingerprint density at radius 3 is 2.94 bits per heavy atom. The van der Waals surface area contributed by atoms with Crippen molar-refractivity contribution in [2.45, 2.75) is 12.2 Å². The molecule has 0 aromatic heterocycles. The Kier molecular flexibility index (Phi) is 4.28. The molecule has 1 N–H and O–H groups in total. The van der Waals surface area contributed by atoms with Crippen LogP contribution in [0.1, 0.15) is 11.7 Å². The number of hydrogen-bond donors (Lipinski definition) is 1. The van der Waals surface area contributed by atoms with Crippen LogP contribution in [0.4, 0.5) is 0 Å². The molecule has 17 heavy (non-hydrogen) atoms. The number of morpholine rings is 1. The first-order chi connectivity index (χ1) is 8.09. The summed E-state index contributed by atoms with van der Waals surface area (Å²) in [6.45, 7) is 2.19. The number of halogens is 2. The summed E-state index contributed by atoms with van der Waals surface area (Å²) in [5.41, 5.74) is 0.625. The molecule has 0 amide bonds. The lowest BCUT2D eigenvalue weighted by molar-refractivity contribution is -0.0844. The second-order valence-electron chi connectivity index (χ2n) is 4.26. The number of ether oxygens (including phenoxy) is 1. The third-order valence-corrected chi connectivity index (χ3v) is 3.78. The lowest BCUT2D eigenvalue weighted by Crippen LogP contribution is -2.43. The van der Waals surface area contributed by atoms with E-state index in [1.54, 1.807) is 18.2 Å². The lowest BCUT2D eigenvalue weighted by atomic mass is 10.0. The quantitative estimate of drug-likeness (QED) is 0.900. The number of nitrogens with zero attached hydrogens (tertiary/aromatic N) is 1. The number of hydrogen-bond acceptors (Lipinski definition) is 3.